The molecule has 7 heteroatoms. The summed E-state index contributed by atoms with van der Waals surface area (Å²) in [4.78, 5) is 12.0. The van der Waals surface area contributed by atoms with E-state index in [1.807, 2.05) is 40.8 Å². The van der Waals surface area contributed by atoms with Crippen molar-refractivity contribution in [2.24, 2.45) is 0 Å². The first-order valence-electron chi connectivity index (χ1n) is 7.64. The summed E-state index contributed by atoms with van der Waals surface area (Å²) in [5, 5.41) is 4.59. The molecule has 1 aliphatic carbocycles. The zero-order chi connectivity index (χ0) is 16.3. The molecule has 0 radical (unpaired) electrons. The van der Waals surface area contributed by atoms with Gasteiger partial charge in [-0.2, -0.15) is 5.10 Å². The summed E-state index contributed by atoms with van der Waals surface area (Å²) in [5.74, 6) is -0.240. The predicted octanol–water partition coefficient (Wildman–Crippen LogP) is 1.15. The summed E-state index contributed by atoms with van der Waals surface area (Å²) in [6, 6.07) is 0. The van der Waals surface area contributed by atoms with Crippen molar-refractivity contribution < 1.29 is 18.8 Å². The van der Waals surface area contributed by atoms with Gasteiger partial charge in [-0.05, 0) is 53.0 Å². The third-order valence-electron chi connectivity index (χ3n) is 5.14. The fourth-order valence-corrected chi connectivity index (χ4v) is 2.72. The minimum absolute atomic E-state index is 0.240. The van der Waals surface area contributed by atoms with Gasteiger partial charge in [-0.3, -0.25) is 4.68 Å². The number of hydrogen-bond donors (Lipinski definition) is 0. The lowest BCUT2D eigenvalue weighted by atomic mass is 9.82. The van der Waals surface area contributed by atoms with Crippen LogP contribution in [0.4, 0.5) is 0 Å². The molecule has 0 N–H and O–H groups in total. The molecule has 120 valence electrons. The van der Waals surface area contributed by atoms with Crippen LogP contribution in [0.25, 0.3) is 0 Å². The molecule has 0 amide bonds. The van der Waals surface area contributed by atoms with Gasteiger partial charge in [-0.25, -0.2) is 4.79 Å². The Morgan fingerprint density at radius 1 is 1.27 bits per heavy atom. The first-order valence-corrected chi connectivity index (χ1v) is 7.64. The molecule has 0 bridgehead atoms. The van der Waals surface area contributed by atoms with Crippen molar-refractivity contribution in [3.63, 3.8) is 0 Å². The Hall–Kier alpha value is -1.34. The Balaban J connectivity index is 1.91. The minimum atomic E-state index is -0.638. The molecule has 2 heterocycles. The molecule has 1 aromatic heterocycles. The van der Waals surface area contributed by atoms with E-state index in [-0.39, 0.29) is 5.97 Å². The van der Waals surface area contributed by atoms with E-state index in [0.717, 1.165) is 24.0 Å². The average molecular weight is 306 g/mol. The lowest BCUT2D eigenvalue weighted by molar-refractivity contribution is -0.146. The van der Waals surface area contributed by atoms with Gasteiger partial charge in [0.15, 0.2) is 5.54 Å². The molecule has 6 nitrogen and oxygen atoms in total. The van der Waals surface area contributed by atoms with Gasteiger partial charge in [0.05, 0.1) is 23.9 Å². The number of rotatable bonds is 3. The van der Waals surface area contributed by atoms with E-state index in [9.17, 15) is 4.79 Å². The summed E-state index contributed by atoms with van der Waals surface area (Å²) in [6.07, 6.45) is 3.39. The molecular formula is C15H23BN2O4. The summed E-state index contributed by atoms with van der Waals surface area (Å²) in [5.41, 5.74) is 0.227. The van der Waals surface area contributed by atoms with Crippen molar-refractivity contribution in [2.75, 3.05) is 7.11 Å². The van der Waals surface area contributed by atoms with Gasteiger partial charge in [0, 0.05) is 6.20 Å². The minimum Gasteiger partial charge on any atom is -0.467 e. The van der Waals surface area contributed by atoms with Crippen molar-refractivity contribution in [3.05, 3.63) is 11.8 Å². The molecule has 3 rings (SSSR count). The highest BCUT2D eigenvalue weighted by atomic mass is 16.7. The number of hydrogen-bond acceptors (Lipinski definition) is 5. The van der Waals surface area contributed by atoms with Crippen molar-refractivity contribution in [3.8, 4) is 0 Å². The van der Waals surface area contributed by atoms with E-state index in [0.29, 0.717) is 0 Å². The monoisotopic (exact) mass is 306 g/mol. The molecule has 0 unspecified atom stereocenters. The zero-order valence-corrected chi connectivity index (χ0v) is 14.1. The van der Waals surface area contributed by atoms with Crippen LogP contribution in [-0.4, -0.2) is 41.2 Å². The summed E-state index contributed by atoms with van der Waals surface area (Å²) in [7, 11) is 0.896. The van der Waals surface area contributed by atoms with Crippen LogP contribution in [0.5, 0.6) is 0 Å². The zero-order valence-electron chi connectivity index (χ0n) is 14.1. The standard InChI is InChI=1S/C15H23BN2O4/c1-10-9-18(15(7-8-15)12(19)20-6)17-11(10)16-21-13(2,3)14(4,5)22-16/h9H,7-8H2,1-6H3. The van der Waals surface area contributed by atoms with Crippen molar-refractivity contribution >= 4 is 18.7 Å². The molecular weight excluding hydrogens is 283 g/mol. The van der Waals surface area contributed by atoms with Crippen molar-refractivity contribution in [1.29, 1.82) is 0 Å². The second kappa shape index (κ2) is 4.58. The number of methoxy groups -OCH3 is 1. The molecule has 2 aliphatic rings. The normalized spacial score (nSPS) is 24.4. The topological polar surface area (TPSA) is 62.6 Å². The molecule has 0 spiro atoms. The quantitative estimate of drug-likeness (QED) is 0.619. The van der Waals surface area contributed by atoms with Crippen LogP contribution in [0.3, 0.4) is 0 Å². The lowest BCUT2D eigenvalue weighted by Gasteiger charge is -2.32. The number of esters is 1. The van der Waals surface area contributed by atoms with Crippen LogP contribution in [0.15, 0.2) is 6.20 Å². The molecule has 1 saturated heterocycles. The molecule has 1 aromatic rings. The highest BCUT2D eigenvalue weighted by Crippen LogP contribution is 2.44. The summed E-state index contributed by atoms with van der Waals surface area (Å²) < 4.78 is 18.7. The smallest absolute Gasteiger partial charge is 0.467 e. The van der Waals surface area contributed by atoms with Crippen LogP contribution >= 0.6 is 0 Å². The summed E-state index contributed by atoms with van der Waals surface area (Å²) in [6.45, 7) is 10.00. The lowest BCUT2D eigenvalue weighted by Crippen LogP contribution is -2.41. The third-order valence-corrected chi connectivity index (χ3v) is 5.14. The van der Waals surface area contributed by atoms with Crippen LogP contribution in [-0.2, 0) is 24.4 Å². The van der Waals surface area contributed by atoms with E-state index in [4.69, 9.17) is 14.0 Å². The maximum Gasteiger partial charge on any atom is 0.516 e. The maximum absolute atomic E-state index is 12.0. The molecule has 1 aliphatic heterocycles. The van der Waals surface area contributed by atoms with Gasteiger partial charge in [-0.15, -0.1) is 0 Å². The predicted molar refractivity (Wildman–Crippen MR) is 81.9 cm³/mol. The van der Waals surface area contributed by atoms with Gasteiger partial charge in [-0.1, -0.05) is 0 Å². The Kier molecular flexibility index (Phi) is 3.24. The van der Waals surface area contributed by atoms with E-state index >= 15 is 0 Å². The fraction of sp³-hybridized carbons (Fsp3) is 0.733. The second-order valence-electron chi connectivity index (χ2n) is 7.25. The first kappa shape index (κ1) is 15.6. The van der Waals surface area contributed by atoms with E-state index in [1.54, 1.807) is 4.68 Å². The Morgan fingerprint density at radius 2 is 1.82 bits per heavy atom. The number of aryl methyl sites for hydroxylation is 1. The molecule has 22 heavy (non-hydrogen) atoms. The maximum atomic E-state index is 12.0. The van der Waals surface area contributed by atoms with E-state index < -0.39 is 23.9 Å². The molecule has 1 saturated carbocycles. The third kappa shape index (κ3) is 2.10. The molecule has 2 fully saturated rings. The molecule has 0 aromatic carbocycles. The number of aromatic nitrogens is 2. The fourth-order valence-electron chi connectivity index (χ4n) is 2.72. The Morgan fingerprint density at radius 3 is 2.27 bits per heavy atom. The summed E-state index contributed by atoms with van der Waals surface area (Å²) >= 11 is 0. The van der Waals surface area contributed by atoms with Crippen LogP contribution in [0.1, 0.15) is 46.1 Å². The SMILES string of the molecule is COC(=O)C1(n2cc(C)c(B3OC(C)(C)C(C)(C)O3)n2)CC1. The number of carbonyl (C=O) groups is 1. The molecule has 0 atom stereocenters. The van der Waals surface area contributed by atoms with Crippen LogP contribution in [0, 0.1) is 6.92 Å². The Labute approximate surface area is 131 Å². The Bertz CT molecular complexity index is 603. The van der Waals surface area contributed by atoms with Crippen molar-refractivity contribution in [1.82, 2.24) is 9.78 Å². The van der Waals surface area contributed by atoms with Gasteiger partial charge >= 0.3 is 13.1 Å². The van der Waals surface area contributed by atoms with Crippen LogP contribution < -0.4 is 5.59 Å². The first-order chi connectivity index (χ1) is 10.1. The van der Waals surface area contributed by atoms with Gasteiger partial charge < -0.3 is 14.0 Å². The van der Waals surface area contributed by atoms with E-state index in [1.165, 1.54) is 7.11 Å². The van der Waals surface area contributed by atoms with Gasteiger partial charge in [0.25, 0.3) is 0 Å². The van der Waals surface area contributed by atoms with Gasteiger partial charge in [0.1, 0.15) is 0 Å². The number of carbonyl (C=O) groups excluding carboxylic acids is 1. The average Bonchev–Trinajstić information content (AvgIpc) is 3.08. The number of nitrogens with zero attached hydrogens (tertiary/aromatic N) is 2. The second-order valence-corrected chi connectivity index (χ2v) is 7.25. The number of ether oxygens (including phenoxy) is 1. The van der Waals surface area contributed by atoms with Gasteiger partial charge in [0.2, 0.25) is 0 Å². The van der Waals surface area contributed by atoms with Crippen LogP contribution in [0.2, 0.25) is 0 Å². The highest BCUT2D eigenvalue weighted by molar-refractivity contribution is 6.61. The highest BCUT2D eigenvalue weighted by Gasteiger charge is 2.56. The largest absolute Gasteiger partial charge is 0.516 e. The van der Waals surface area contributed by atoms with Crippen molar-refractivity contribution in [2.45, 2.75) is 64.2 Å². The van der Waals surface area contributed by atoms with E-state index in [2.05, 4.69) is 5.10 Å².